The van der Waals surface area contributed by atoms with E-state index in [0.717, 1.165) is 11.3 Å². The van der Waals surface area contributed by atoms with Gasteiger partial charge in [0.05, 0.1) is 21.6 Å². The van der Waals surface area contributed by atoms with Crippen molar-refractivity contribution in [3.05, 3.63) is 80.5 Å². The van der Waals surface area contributed by atoms with Gasteiger partial charge in [-0.3, -0.25) is 14.6 Å². The first kappa shape index (κ1) is 21.6. The molecule has 0 saturated carbocycles. The maximum Gasteiger partial charge on any atom is 0.364 e. The van der Waals surface area contributed by atoms with Crippen LogP contribution in [0.15, 0.2) is 60.7 Å². The molecule has 152 valence electrons. The fourth-order valence-electron chi connectivity index (χ4n) is 2.87. The van der Waals surface area contributed by atoms with E-state index in [1.807, 2.05) is 0 Å². The molecular weight excluding hydrogens is 459 g/mol. The highest BCUT2D eigenvalue weighted by Crippen LogP contribution is 2.42. The van der Waals surface area contributed by atoms with E-state index in [-0.39, 0.29) is 20.0 Å². The Kier molecular flexibility index (Phi) is 6.47. The molecule has 3 N–H and O–H groups in total. The fraction of sp³-hybridized carbons (Fsp3) is 0.0556. The molecule has 3 aromatic rings. The van der Waals surface area contributed by atoms with E-state index in [4.69, 9.17) is 28.4 Å². The highest BCUT2D eigenvalue weighted by molar-refractivity contribution is 7.87. The van der Waals surface area contributed by atoms with Gasteiger partial charge in [0.1, 0.15) is 4.34 Å². The van der Waals surface area contributed by atoms with Crippen molar-refractivity contribution in [2.75, 3.05) is 4.31 Å². The zero-order chi connectivity index (χ0) is 21.2. The third-order valence-corrected chi connectivity index (χ3v) is 6.39. The van der Waals surface area contributed by atoms with Crippen LogP contribution in [0.25, 0.3) is 0 Å². The largest absolute Gasteiger partial charge is 0.364 e. The van der Waals surface area contributed by atoms with Gasteiger partial charge in [0.25, 0.3) is 5.91 Å². The van der Waals surface area contributed by atoms with Crippen LogP contribution in [0.3, 0.4) is 0 Å². The highest BCUT2D eigenvalue weighted by atomic mass is 35.5. The van der Waals surface area contributed by atoms with Crippen molar-refractivity contribution in [1.29, 1.82) is 0 Å². The number of carbonyl (C=O) groups excluding carboxylic acids is 1. The molecule has 1 unspecified atom stereocenters. The van der Waals surface area contributed by atoms with Gasteiger partial charge < -0.3 is 0 Å². The molecule has 0 aliphatic rings. The summed E-state index contributed by atoms with van der Waals surface area (Å²) in [6.07, 6.45) is 0. The monoisotopic (exact) mass is 472 g/mol. The lowest BCUT2D eigenvalue weighted by Crippen LogP contribution is -2.27. The molecule has 0 spiro atoms. The lowest BCUT2D eigenvalue weighted by atomic mass is 9.90. The average molecular weight is 473 g/mol. The second-order valence-corrected chi connectivity index (χ2v) is 9.41. The van der Waals surface area contributed by atoms with E-state index >= 15 is 0 Å². The van der Waals surface area contributed by atoms with Crippen molar-refractivity contribution in [1.82, 2.24) is 5.48 Å². The molecule has 3 rings (SSSR count). The van der Waals surface area contributed by atoms with Crippen LogP contribution in [0, 0.1) is 0 Å². The lowest BCUT2D eigenvalue weighted by molar-refractivity contribution is -0.129. The van der Waals surface area contributed by atoms with E-state index in [9.17, 15) is 17.8 Å². The number of hydrogen-bond acceptors (Lipinski definition) is 5. The van der Waals surface area contributed by atoms with E-state index in [1.165, 1.54) is 30.3 Å². The average Bonchev–Trinajstić information content (AvgIpc) is 3.00. The topological polar surface area (TPSA) is 107 Å². The normalized spacial score (nSPS) is 12.4. The number of thiophene rings is 1. The molecular formula is C18H14Cl2N2O5S2. The van der Waals surface area contributed by atoms with Crippen molar-refractivity contribution in [3.63, 3.8) is 0 Å². The van der Waals surface area contributed by atoms with Crippen molar-refractivity contribution in [3.8, 4) is 0 Å². The second kappa shape index (κ2) is 8.70. The number of benzene rings is 2. The standard InChI is InChI=1S/C18H14Cl2N2O5S2/c19-15-10-14(17(20)28-15)22(29(25,26)27)13-8-6-12(7-9-13)16(18(23)21-24)11-4-2-1-3-5-11/h1-10,16,24H,(H,21,23)(H,25,26,27). The first-order chi connectivity index (χ1) is 13.7. The van der Waals surface area contributed by atoms with Crippen LogP contribution in [0.4, 0.5) is 11.4 Å². The summed E-state index contributed by atoms with van der Waals surface area (Å²) in [5, 5.41) is 9.11. The third-order valence-electron chi connectivity index (χ3n) is 4.05. The minimum absolute atomic E-state index is 0.00428. The van der Waals surface area contributed by atoms with Gasteiger partial charge in [0.2, 0.25) is 0 Å². The van der Waals surface area contributed by atoms with Crippen LogP contribution < -0.4 is 9.79 Å². The Labute approximate surface area is 181 Å². The molecule has 7 nitrogen and oxygen atoms in total. The van der Waals surface area contributed by atoms with E-state index < -0.39 is 22.1 Å². The summed E-state index contributed by atoms with van der Waals surface area (Å²) in [5.74, 6) is -1.48. The van der Waals surface area contributed by atoms with Gasteiger partial charge in [-0.15, -0.1) is 11.3 Å². The molecule has 1 atom stereocenters. The maximum absolute atomic E-state index is 12.2. The molecule has 0 radical (unpaired) electrons. The van der Waals surface area contributed by atoms with Gasteiger partial charge in [0, 0.05) is 0 Å². The molecule has 0 aliphatic heterocycles. The summed E-state index contributed by atoms with van der Waals surface area (Å²) in [7, 11) is -4.71. The van der Waals surface area contributed by atoms with Crippen LogP contribution in [-0.4, -0.2) is 24.1 Å². The molecule has 0 saturated heterocycles. The number of carbonyl (C=O) groups is 1. The van der Waals surface area contributed by atoms with Crippen molar-refractivity contribution < 1.29 is 23.0 Å². The highest BCUT2D eigenvalue weighted by Gasteiger charge is 2.27. The minimum atomic E-state index is -4.71. The molecule has 0 bridgehead atoms. The molecule has 1 heterocycles. The Morgan fingerprint density at radius 3 is 2.10 bits per heavy atom. The summed E-state index contributed by atoms with van der Waals surface area (Å²) >= 11 is 12.9. The number of nitrogens with one attached hydrogen (secondary N) is 1. The number of hydroxylamine groups is 1. The fourth-order valence-corrected chi connectivity index (χ4v) is 5.20. The zero-order valence-corrected chi connectivity index (χ0v) is 17.6. The SMILES string of the molecule is O=C(NO)C(c1ccccc1)c1ccc(N(c2cc(Cl)sc2Cl)S(=O)(=O)O)cc1. The van der Waals surface area contributed by atoms with Gasteiger partial charge in [0.15, 0.2) is 0 Å². The number of anilines is 2. The Bertz CT molecular complexity index is 1120. The maximum atomic E-state index is 12.2. The summed E-state index contributed by atoms with van der Waals surface area (Å²) in [5.41, 5.74) is 2.86. The Hall–Kier alpha value is -2.14. The lowest BCUT2D eigenvalue weighted by Gasteiger charge is -2.21. The van der Waals surface area contributed by atoms with Gasteiger partial charge in [-0.2, -0.15) is 8.42 Å². The first-order valence-corrected chi connectivity index (χ1v) is 11.0. The van der Waals surface area contributed by atoms with Crippen molar-refractivity contribution >= 4 is 62.1 Å². The number of amides is 1. The Morgan fingerprint density at radius 2 is 1.62 bits per heavy atom. The van der Waals surface area contributed by atoms with Crippen LogP contribution in [0.5, 0.6) is 0 Å². The number of nitrogens with zero attached hydrogens (tertiary/aromatic N) is 1. The number of hydrogen-bond donors (Lipinski definition) is 3. The van der Waals surface area contributed by atoms with Gasteiger partial charge >= 0.3 is 10.3 Å². The quantitative estimate of drug-likeness (QED) is 0.275. The van der Waals surface area contributed by atoms with Gasteiger partial charge in [-0.05, 0) is 29.3 Å². The molecule has 0 aliphatic carbocycles. The van der Waals surface area contributed by atoms with Crippen LogP contribution in [0.2, 0.25) is 8.67 Å². The second-order valence-electron chi connectivity index (χ2n) is 5.86. The van der Waals surface area contributed by atoms with Gasteiger partial charge in [-0.25, -0.2) is 9.79 Å². The van der Waals surface area contributed by atoms with Crippen molar-refractivity contribution in [2.24, 2.45) is 0 Å². The summed E-state index contributed by atoms with van der Waals surface area (Å²) in [6.45, 7) is 0. The van der Waals surface area contributed by atoms with E-state index in [0.29, 0.717) is 15.4 Å². The number of rotatable bonds is 6. The van der Waals surface area contributed by atoms with Gasteiger partial charge in [-0.1, -0.05) is 65.7 Å². The molecule has 2 aromatic carbocycles. The molecule has 1 amide bonds. The zero-order valence-electron chi connectivity index (χ0n) is 14.5. The van der Waals surface area contributed by atoms with Crippen LogP contribution >= 0.6 is 34.5 Å². The smallest absolute Gasteiger partial charge is 0.289 e. The summed E-state index contributed by atoms with van der Waals surface area (Å²) in [4.78, 5) is 12.2. The molecule has 11 heteroatoms. The predicted molar refractivity (Wildman–Crippen MR) is 113 cm³/mol. The summed E-state index contributed by atoms with van der Waals surface area (Å²) < 4.78 is 34.6. The minimum Gasteiger partial charge on any atom is -0.289 e. The van der Waals surface area contributed by atoms with E-state index in [1.54, 1.807) is 35.8 Å². The number of halogens is 2. The summed E-state index contributed by atoms with van der Waals surface area (Å²) in [6, 6.07) is 15.9. The first-order valence-electron chi connectivity index (χ1n) is 8.04. The molecule has 29 heavy (non-hydrogen) atoms. The molecule has 0 fully saturated rings. The Balaban J connectivity index is 2.05. The third kappa shape index (κ3) is 4.72. The predicted octanol–water partition coefficient (Wildman–Crippen LogP) is 4.63. The van der Waals surface area contributed by atoms with Crippen LogP contribution in [0.1, 0.15) is 17.0 Å². The van der Waals surface area contributed by atoms with Crippen molar-refractivity contribution in [2.45, 2.75) is 5.92 Å². The van der Waals surface area contributed by atoms with E-state index in [2.05, 4.69) is 0 Å². The van der Waals surface area contributed by atoms with Crippen LogP contribution in [-0.2, 0) is 15.1 Å². The molecule has 1 aromatic heterocycles. The Morgan fingerprint density at radius 1 is 1.03 bits per heavy atom.